The number of rotatable bonds is 6. The highest BCUT2D eigenvalue weighted by Gasteiger charge is 2.32. The molecule has 1 atom stereocenters. The fourth-order valence-electron chi connectivity index (χ4n) is 2.35. The lowest BCUT2D eigenvalue weighted by Gasteiger charge is -2.22. The van der Waals surface area contributed by atoms with E-state index in [1.165, 1.54) is 0 Å². The lowest BCUT2D eigenvalue weighted by molar-refractivity contribution is -0.142. The Morgan fingerprint density at radius 2 is 1.48 bits per heavy atom. The van der Waals surface area contributed by atoms with E-state index in [4.69, 9.17) is 4.74 Å². The first kappa shape index (κ1) is 15.4. The molecule has 2 rings (SSSR count). The molecular weight excluding hydrogens is 283 g/mol. The summed E-state index contributed by atoms with van der Waals surface area (Å²) in [6.45, 7) is 2.03. The summed E-state index contributed by atoms with van der Waals surface area (Å²) in [5.41, 5.74) is 1.16. The van der Waals surface area contributed by atoms with Crippen LogP contribution < -0.4 is 0 Å². The molecule has 0 spiro atoms. The molecule has 0 aromatic heterocycles. The van der Waals surface area contributed by atoms with Crippen molar-refractivity contribution in [1.82, 2.24) is 0 Å². The second kappa shape index (κ2) is 7.70. The highest BCUT2D eigenvalue weighted by Crippen LogP contribution is 2.34. The van der Waals surface area contributed by atoms with Crippen molar-refractivity contribution in [3.63, 3.8) is 0 Å². The third-order valence-electron chi connectivity index (χ3n) is 3.27. The minimum Gasteiger partial charge on any atom is -0.465 e. The Hall–Kier alpha value is -1.99. The predicted octanol–water partition coefficient (Wildman–Crippen LogP) is 4.04. The molecular formula is C17H17O3P. The van der Waals surface area contributed by atoms with Crippen molar-refractivity contribution >= 4 is 14.4 Å². The summed E-state index contributed by atoms with van der Waals surface area (Å²) in [6.07, 6.45) is 0. The number of hydrogen-bond acceptors (Lipinski definition) is 3. The van der Waals surface area contributed by atoms with Crippen LogP contribution in [0.3, 0.4) is 0 Å². The molecule has 0 aliphatic heterocycles. The monoisotopic (exact) mass is 300 g/mol. The van der Waals surface area contributed by atoms with Crippen LogP contribution in [-0.4, -0.2) is 18.2 Å². The Morgan fingerprint density at radius 3 is 1.86 bits per heavy atom. The standard InChI is InChI=1S/C17H17O3P/c1-2-20-17(18)16(21-19)15(13-9-5-3-6-10-13)14-11-7-4-8-12-14/h3-12,15-16H,2H2,1H3. The van der Waals surface area contributed by atoms with Gasteiger partial charge in [-0.15, -0.1) is 0 Å². The molecule has 4 heteroatoms. The summed E-state index contributed by atoms with van der Waals surface area (Å²) in [7, 11) is -0.231. The lowest BCUT2D eigenvalue weighted by Crippen LogP contribution is -2.26. The maximum atomic E-state index is 12.1. The second-order valence-corrected chi connectivity index (χ2v) is 5.37. The fraction of sp³-hybridized carbons (Fsp3) is 0.235. The van der Waals surface area contributed by atoms with Gasteiger partial charge in [-0.05, 0) is 18.1 Å². The zero-order valence-corrected chi connectivity index (χ0v) is 12.7. The van der Waals surface area contributed by atoms with Crippen molar-refractivity contribution in [2.75, 3.05) is 6.61 Å². The zero-order valence-electron chi connectivity index (χ0n) is 11.8. The van der Waals surface area contributed by atoms with Crippen LogP contribution in [0.25, 0.3) is 0 Å². The van der Waals surface area contributed by atoms with Crippen molar-refractivity contribution < 1.29 is 14.1 Å². The average molecular weight is 300 g/mol. The number of ether oxygens (including phenoxy) is 1. The maximum Gasteiger partial charge on any atom is 0.321 e. The van der Waals surface area contributed by atoms with Gasteiger partial charge in [-0.25, -0.2) is 0 Å². The first-order chi connectivity index (χ1) is 10.3. The van der Waals surface area contributed by atoms with Gasteiger partial charge in [-0.3, -0.25) is 9.36 Å². The van der Waals surface area contributed by atoms with Crippen molar-refractivity contribution in [3.8, 4) is 0 Å². The maximum absolute atomic E-state index is 12.1. The molecule has 0 fully saturated rings. The molecule has 1 unspecified atom stereocenters. The van der Waals surface area contributed by atoms with Gasteiger partial charge in [0.15, 0.2) is 8.46 Å². The molecule has 108 valence electrons. The summed E-state index contributed by atoms with van der Waals surface area (Å²) < 4.78 is 16.7. The van der Waals surface area contributed by atoms with Crippen LogP contribution in [-0.2, 0) is 14.1 Å². The molecule has 0 amide bonds. The zero-order chi connectivity index (χ0) is 15.1. The molecule has 21 heavy (non-hydrogen) atoms. The summed E-state index contributed by atoms with van der Waals surface area (Å²) in [5.74, 6) is -0.725. The van der Waals surface area contributed by atoms with Crippen LogP contribution in [0.1, 0.15) is 24.0 Å². The first-order valence-electron chi connectivity index (χ1n) is 6.87. The molecule has 2 aromatic carbocycles. The van der Waals surface area contributed by atoms with E-state index in [2.05, 4.69) is 0 Å². The largest absolute Gasteiger partial charge is 0.465 e. The predicted molar refractivity (Wildman–Crippen MR) is 82.8 cm³/mol. The number of hydrogen-bond donors (Lipinski definition) is 0. The summed E-state index contributed by atoms with van der Waals surface area (Å²) in [4.78, 5) is 12.1. The van der Waals surface area contributed by atoms with Gasteiger partial charge >= 0.3 is 5.97 Å². The lowest BCUT2D eigenvalue weighted by atomic mass is 9.88. The summed E-state index contributed by atoms with van der Waals surface area (Å²) >= 11 is 0. The summed E-state index contributed by atoms with van der Waals surface area (Å²) in [5, 5.41) is 0. The Kier molecular flexibility index (Phi) is 5.65. The second-order valence-electron chi connectivity index (χ2n) is 4.60. The third-order valence-corrected chi connectivity index (χ3v) is 4.01. The minimum absolute atomic E-state index is 0.231. The fourth-order valence-corrected chi connectivity index (χ4v) is 2.97. The van der Waals surface area contributed by atoms with Gasteiger partial charge in [0.1, 0.15) is 5.66 Å². The molecule has 0 saturated heterocycles. The SMILES string of the molecule is CCOC(=O)C(P=O)C(c1ccccc1)c1ccccc1. The topological polar surface area (TPSA) is 43.4 Å². The van der Waals surface area contributed by atoms with Gasteiger partial charge in [0, 0.05) is 5.92 Å². The van der Waals surface area contributed by atoms with Crippen molar-refractivity contribution in [1.29, 1.82) is 0 Å². The van der Waals surface area contributed by atoms with E-state index >= 15 is 0 Å². The van der Waals surface area contributed by atoms with Crippen LogP contribution in [0.2, 0.25) is 0 Å². The molecule has 0 aliphatic rings. The van der Waals surface area contributed by atoms with Crippen LogP contribution >= 0.6 is 8.46 Å². The average Bonchev–Trinajstić information content (AvgIpc) is 2.54. The molecule has 2 aromatic rings. The quantitative estimate of drug-likeness (QED) is 0.597. The van der Waals surface area contributed by atoms with E-state index < -0.39 is 11.6 Å². The van der Waals surface area contributed by atoms with Gasteiger partial charge in [0.25, 0.3) is 0 Å². The minimum atomic E-state index is -0.741. The molecule has 3 nitrogen and oxygen atoms in total. The number of benzene rings is 2. The van der Waals surface area contributed by atoms with Crippen LogP contribution in [0.4, 0.5) is 0 Å². The highest BCUT2D eigenvalue weighted by molar-refractivity contribution is 7.26. The summed E-state index contributed by atoms with van der Waals surface area (Å²) in [6, 6.07) is 19.2. The van der Waals surface area contributed by atoms with E-state index in [0.29, 0.717) is 0 Å². The molecule has 0 N–H and O–H groups in total. The third kappa shape index (κ3) is 3.77. The van der Waals surface area contributed by atoms with Crippen molar-refractivity contribution in [2.45, 2.75) is 18.5 Å². The Labute approximate surface area is 126 Å². The van der Waals surface area contributed by atoms with Gasteiger partial charge in [-0.1, -0.05) is 60.7 Å². The van der Waals surface area contributed by atoms with Gasteiger partial charge in [0.05, 0.1) is 6.61 Å². The normalized spacial score (nSPS) is 12.3. The van der Waals surface area contributed by atoms with E-state index in [1.807, 2.05) is 60.7 Å². The smallest absolute Gasteiger partial charge is 0.321 e. The number of esters is 1. The number of carbonyl (C=O) groups excluding carboxylic acids is 1. The molecule has 0 aliphatic carbocycles. The van der Waals surface area contributed by atoms with E-state index in [-0.39, 0.29) is 21.0 Å². The van der Waals surface area contributed by atoms with Gasteiger partial charge in [0.2, 0.25) is 0 Å². The highest BCUT2D eigenvalue weighted by atomic mass is 31.1. The van der Waals surface area contributed by atoms with Crippen LogP contribution in [0.5, 0.6) is 0 Å². The van der Waals surface area contributed by atoms with Crippen LogP contribution in [0, 0.1) is 0 Å². The van der Waals surface area contributed by atoms with Crippen molar-refractivity contribution in [3.05, 3.63) is 71.8 Å². The van der Waals surface area contributed by atoms with Gasteiger partial charge in [-0.2, -0.15) is 0 Å². The first-order valence-corrected chi connectivity index (χ1v) is 7.75. The van der Waals surface area contributed by atoms with E-state index in [9.17, 15) is 9.36 Å². The van der Waals surface area contributed by atoms with Gasteiger partial charge < -0.3 is 4.74 Å². The van der Waals surface area contributed by atoms with Crippen LogP contribution in [0.15, 0.2) is 60.7 Å². The van der Waals surface area contributed by atoms with E-state index in [1.54, 1.807) is 6.92 Å². The van der Waals surface area contributed by atoms with E-state index in [0.717, 1.165) is 11.1 Å². The molecule has 0 radical (unpaired) electrons. The van der Waals surface area contributed by atoms with Crippen molar-refractivity contribution in [2.24, 2.45) is 0 Å². The molecule has 0 heterocycles. The Balaban J connectivity index is 2.45. The Bertz CT molecular complexity index is 544. The molecule has 0 saturated carbocycles. The molecule has 0 bridgehead atoms. The Morgan fingerprint density at radius 1 is 1.00 bits per heavy atom. The number of carbonyl (C=O) groups is 1.